The summed E-state index contributed by atoms with van der Waals surface area (Å²) < 4.78 is 35.2. The fraction of sp³-hybridized carbons (Fsp3) is 0.696. The molecule has 4 heterocycles. The van der Waals surface area contributed by atoms with E-state index in [-0.39, 0.29) is 41.3 Å². The van der Waals surface area contributed by atoms with Crippen LogP contribution in [-0.4, -0.2) is 86.9 Å². The molecule has 2 N–H and O–H groups in total. The highest BCUT2D eigenvalue weighted by molar-refractivity contribution is 5.92. The van der Waals surface area contributed by atoms with Crippen LogP contribution in [0.1, 0.15) is 23.3 Å². The highest BCUT2D eigenvalue weighted by Gasteiger charge is 2.52. The molecule has 4 fully saturated rings. The lowest BCUT2D eigenvalue weighted by Crippen LogP contribution is -2.60. The second-order valence-electron chi connectivity index (χ2n) is 9.73. The van der Waals surface area contributed by atoms with Crippen LogP contribution in [0.2, 0.25) is 0 Å². The minimum absolute atomic E-state index is 0.00143. The van der Waals surface area contributed by atoms with Crippen LogP contribution in [0.4, 0.5) is 14.5 Å². The number of carbonyl (C=O) groups is 2. The number of pyridine rings is 1. The van der Waals surface area contributed by atoms with Crippen molar-refractivity contribution >= 4 is 17.5 Å². The maximum Gasteiger partial charge on any atom is 0.269 e. The molecule has 1 saturated carbocycles. The van der Waals surface area contributed by atoms with E-state index < -0.39 is 18.0 Å². The smallest absolute Gasteiger partial charge is 0.269 e. The van der Waals surface area contributed by atoms with E-state index in [4.69, 9.17) is 4.74 Å². The maximum absolute atomic E-state index is 15.2. The van der Waals surface area contributed by atoms with Gasteiger partial charge in [0.05, 0.1) is 24.8 Å². The summed E-state index contributed by atoms with van der Waals surface area (Å²) in [5, 5.41) is 5.52. The van der Waals surface area contributed by atoms with E-state index in [2.05, 4.69) is 20.5 Å². The van der Waals surface area contributed by atoms with Gasteiger partial charge < -0.3 is 20.3 Å². The van der Waals surface area contributed by atoms with Crippen molar-refractivity contribution in [2.75, 3.05) is 57.9 Å². The molecule has 0 bridgehead atoms. The van der Waals surface area contributed by atoms with Gasteiger partial charge in [0.25, 0.3) is 5.91 Å². The Morgan fingerprint density at radius 1 is 1.24 bits per heavy atom. The first-order valence-corrected chi connectivity index (χ1v) is 11.8. The molecule has 6 unspecified atom stereocenters. The molecule has 3 saturated heterocycles. The van der Waals surface area contributed by atoms with Crippen LogP contribution in [0.25, 0.3) is 0 Å². The molecule has 1 aromatic rings. The zero-order valence-electron chi connectivity index (χ0n) is 18.8. The van der Waals surface area contributed by atoms with Crippen LogP contribution in [0.3, 0.4) is 0 Å². The molecule has 3 aliphatic heterocycles. The van der Waals surface area contributed by atoms with Crippen molar-refractivity contribution < 1.29 is 23.1 Å². The van der Waals surface area contributed by atoms with Gasteiger partial charge >= 0.3 is 0 Å². The van der Waals surface area contributed by atoms with Crippen molar-refractivity contribution in [1.82, 2.24) is 20.5 Å². The lowest BCUT2D eigenvalue weighted by molar-refractivity contribution is -0.134. The van der Waals surface area contributed by atoms with E-state index in [0.717, 1.165) is 26.1 Å². The van der Waals surface area contributed by atoms with Gasteiger partial charge in [0.1, 0.15) is 11.9 Å². The van der Waals surface area contributed by atoms with E-state index in [0.29, 0.717) is 38.4 Å². The third-order valence-electron chi connectivity index (χ3n) is 7.83. The number of hydrogen-bond donors (Lipinski definition) is 2. The van der Waals surface area contributed by atoms with E-state index in [1.807, 2.05) is 4.90 Å². The summed E-state index contributed by atoms with van der Waals surface area (Å²) in [7, 11) is 1.48. The quantitative estimate of drug-likeness (QED) is 0.644. The highest BCUT2D eigenvalue weighted by atomic mass is 19.1. The Kier molecular flexibility index (Phi) is 6.22. The molecule has 33 heavy (non-hydrogen) atoms. The van der Waals surface area contributed by atoms with Crippen molar-refractivity contribution in [1.29, 1.82) is 0 Å². The minimum Gasteiger partial charge on any atom is -0.380 e. The number of carbonyl (C=O) groups excluding carboxylic acids is 2. The molecule has 1 aromatic heterocycles. The lowest BCUT2D eigenvalue weighted by atomic mass is 9.66. The van der Waals surface area contributed by atoms with Gasteiger partial charge in [-0.3, -0.25) is 14.5 Å². The second-order valence-corrected chi connectivity index (χ2v) is 9.73. The van der Waals surface area contributed by atoms with Crippen molar-refractivity contribution in [3.63, 3.8) is 0 Å². The minimum atomic E-state index is -0.927. The van der Waals surface area contributed by atoms with Gasteiger partial charge in [-0.15, -0.1) is 0 Å². The number of halogens is 2. The van der Waals surface area contributed by atoms with E-state index in [1.165, 1.54) is 13.1 Å². The van der Waals surface area contributed by atoms with Gasteiger partial charge in [-0.25, -0.2) is 9.37 Å². The predicted octanol–water partition coefficient (Wildman–Crippen LogP) is 0.828. The Hall–Kier alpha value is -2.33. The number of nitrogens with zero attached hydrogens (tertiary/aromatic N) is 3. The van der Waals surface area contributed by atoms with Crippen LogP contribution in [0, 0.1) is 29.6 Å². The van der Waals surface area contributed by atoms with Crippen LogP contribution < -0.4 is 15.5 Å². The molecule has 8 nitrogen and oxygen atoms in total. The number of amides is 2. The molecule has 0 radical (unpaired) electrons. The normalized spacial score (nSPS) is 34.4. The fourth-order valence-electron chi connectivity index (χ4n) is 6.17. The van der Waals surface area contributed by atoms with E-state index in [9.17, 15) is 14.0 Å². The lowest BCUT2D eigenvalue weighted by Gasteiger charge is -2.47. The van der Waals surface area contributed by atoms with Crippen molar-refractivity contribution in [2.24, 2.45) is 23.7 Å². The van der Waals surface area contributed by atoms with Gasteiger partial charge in [-0.05, 0) is 30.9 Å². The molecule has 6 atom stereocenters. The number of anilines is 1. The molecule has 4 aliphatic rings. The van der Waals surface area contributed by atoms with Gasteiger partial charge in [0.15, 0.2) is 0 Å². The zero-order valence-corrected chi connectivity index (χ0v) is 18.8. The van der Waals surface area contributed by atoms with Crippen LogP contribution >= 0.6 is 0 Å². The van der Waals surface area contributed by atoms with Crippen molar-refractivity contribution in [3.8, 4) is 0 Å². The summed E-state index contributed by atoms with van der Waals surface area (Å²) in [6.45, 7) is 4.41. The van der Waals surface area contributed by atoms with Gasteiger partial charge in [0, 0.05) is 57.6 Å². The predicted molar refractivity (Wildman–Crippen MR) is 117 cm³/mol. The largest absolute Gasteiger partial charge is 0.380 e. The molecular formula is C23H31F2N5O3. The summed E-state index contributed by atoms with van der Waals surface area (Å²) in [6.07, 6.45) is 0.378. The number of aromatic nitrogens is 1. The Morgan fingerprint density at radius 3 is 2.76 bits per heavy atom. The molecule has 0 spiro atoms. The SMILES string of the molecule is CNC(=O)c1ccc(N2CCN(CC3CC(F)C4C(C3)NC(=O)C3COCC34)CC2)c(F)n1. The number of alkyl halides is 1. The number of rotatable bonds is 4. The highest BCUT2D eigenvalue weighted by Crippen LogP contribution is 2.44. The molecule has 2 amide bonds. The number of piperidine rings is 1. The van der Waals surface area contributed by atoms with Crippen LogP contribution in [0.5, 0.6) is 0 Å². The molecule has 180 valence electrons. The maximum atomic E-state index is 15.2. The molecule has 0 aromatic carbocycles. The van der Waals surface area contributed by atoms with Crippen molar-refractivity contribution in [2.45, 2.75) is 25.1 Å². The number of piperazine rings is 1. The summed E-state index contributed by atoms with van der Waals surface area (Å²) in [4.78, 5) is 32.1. The Bertz CT molecular complexity index is 910. The first-order valence-electron chi connectivity index (χ1n) is 11.8. The third kappa shape index (κ3) is 4.30. The summed E-state index contributed by atoms with van der Waals surface area (Å²) in [5.41, 5.74) is 0.448. The monoisotopic (exact) mass is 463 g/mol. The Balaban J connectivity index is 1.16. The number of ether oxygens (including phenoxy) is 1. The number of fused-ring (bicyclic) bond motifs is 3. The van der Waals surface area contributed by atoms with Gasteiger partial charge in [0.2, 0.25) is 11.9 Å². The topological polar surface area (TPSA) is 86.8 Å². The zero-order chi connectivity index (χ0) is 23.1. The van der Waals surface area contributed by atoms with Crippen LogP contribution in [-0.2, 0) is 9.53 Å². The number of nitrogens with one attached hydrogen (secondary N) is 2. The van der Waals surface area contributed by atoms with Gasteiger partial charge in [-0.1, -0.05) is 0 Å². The first kappa shape index (κ1) is 22.5. The second kappa shape index (κ2) is 9.13. The Labute approximate surface area is 192 Å². The molecule has 1 aliphatic carbocycles. The summed E-state index contributed by atoms with van der Waals surface area (Å²) in [5.74, 6) is -1.22. The molecular weight excluding hydrogens is 432 g/mol. The average molecular weight is 464 g/mol. The Morgan fingerprint density at radius 2 is 2.03 bits per heavy atom. The summed E-state index contributed by atoms with van der Waals surface area (Å²) >= 11 is 0. The average Bonchev–Trinajstić information content (AvgIpc) is 3.29. The van der Waals surface area contributed by atoms with E-state index in [1.54, 1.807) is 6.07 Å². The standard InChI is InChI=1S/C23H31F2N5O3/c1-26-23(32)17-2-3-19(21(25)27-17)30-6-4-29(5-7-30)10-13-8-16(24)20-14-11-33-12-15(14)22(31)28-18(20)9-13/h2-3,13-16,18,20H,4-12H2,1H3,(H,26,32)(H,28,31). The van der Waals surface area contributed by atoms with E-state index >= 15 is 4.39 Å². The van der Waals surface area contributed by atoms with Crippen molar-refractivity contribution in [3.05, 3.63) is 23.8 Å². The fourth-order valence-corrected chi connectivity index (χ4v) is 6.17. The van der Waals surface area contributed by atoms with Crippen LogP contribution in [0.15, 0.2) is 12.1 Å². The van der Waals surface area contributed by atoms with Gasteiger partial charge in [-0.2, -0.15) is 4.39 Å². The molecule has 10 heteroatoms. The summed E-state index contributed by atoms with van der Waals surface area (Å²) in [6, 6.07) is 3.01. The molecule has 5 rings (SSSR count). The first-order chi connectivity index (χ1) is 15.9. The number of hydrogen-bond acceptors (Lipinski definition) is 6. The third-order valence-corrected chi connectivity index (χ3v) is 7.83.